The highest BCUT2D eigenvalue weighted by atomic mass is 15.6. The second-order valence-corrected chi connectivity index (χ2v) is 3.00. The fourth-order valence-corrected chi connectivity index (χ4v) is 1.13. The zero-order valence-corrected chi connectivity index (χ0v) is 8.13. The van der Waals surface area contributed by atoms with Crippen molar-refractivity contribution in [3.8, 4) is 0 Å². The first-order chi connectivity index (χ1) is 7.00. The molecule has 1 heterocycles. The van der Waals surface area contributed by atoms with Gasteiger partial charge in [0.1, 0.15) is 0 Å². The Labute approximate surface area is 82.7 Å². The molecule has 0 atom stereocenters. The third-order valence-corrected chi connectivity index (χ3v) is 1.85. The Morgan fingerprint density at radius 3 is 2.50 bits per heavy atom. The van der Waals surface area contributed by atoms with Gasteiger partial charge >= 0.3 is 0 Å². The first-order valence-corrected chi connectivity index (χ1v) is 4.89. The molecule has 0 bridgehead atoms. The molecule has 14 heavy (non-hydrogen) atoms. The first kappa shape index (κ1) is 10.7. The Balaban J connectivity index is 2.27. The lowest BCUT2D eigenvalue weighted by molar-refractivity contribution is 0.564. The van der Waals surface area contributed by atoms with Crippen LogP contribution in [-0.2, 0) is 0 Å². The molecule has 0 aromatic rings. The normalized spacial score (nSPS) is 26.9. The van der Waals surface area contributed by atoms with Crippen LogP contribution in [0.1, 0.15) is 32.1 Å². The lowest BCUT2D eigenvalue weighted by atomic mass is 10.1. The van der Waals surface area contributed by atoms with Crippen molar-refractivity contribution >= 4 is 0 Å². The van der Waals surface area contributed by atoms with Crippen molar-refractivity contribution in [2.75, 3.05) is 13.1 Å². The molecular formula is C7H15N7. The van der Waals surface area contributed by atoms with Crippen LogP contribution in [0.25, 0.3) is 0 Å². The molecule has 1 aliphatic rings. The largest absolute Gasteiger partial charge is 0.290 e. The summed E-state index contributed by atoms with van der Waals surface area (Å²) >= 11 is 0. The molecule has 1 rings (SSSR count). The molecule has 0 aromatic heterocycles. The number of hydrogen-bond donors (Lipinski definition) is 1. The van der Waals surface area contributed by atoms with Crippen LogP contribution in [0.15, 0.2) is 31.2 Å². The van der Waals surface area contributed by atoms with Gasteiger partial charge < -0.3 is 0 Å². The van der Waals surface area contributed by atoms with E-state index in [2.05, 4.69) is 36.7 Å². The van der Waals surface area contributed by atoms with Crippen LogP contribution in [-0.4, -0.2) is 13.1 Å². The van der Waals surface area contributed by atoms with Crippen LogP contribution >= 0.6 is 0 Å². The van der Waals surface area contributed by atoms with Gasteiger partial charge in [-0.1, -0.05) is 24.5 Å². The smallest absolute Gasteiger partial charge is 0.0621 e. The molecule has 0 fully saturated rings. The summed E-state index contributed by atoms with van der Waals surface area (Å²) in [6.45, 7) is 1.55. The van der Waals surface area contributed by atoms with E-state index in [1.165, 1.54) is 19.3 Å². The van der Waals surface area contributed by atoms with E-state index in [9.17, 15) is 0 Å². The molecular weight excluding hydrogens is 182 g/mol. The van der Waals surface area contributed by atoms with E-state index < -0.39 is 0 Å². The van der Waals surface area contributed by atoms with E-state index in [0.717, 1.165) is 19.4 Å². The predicted molar refractivity (Wildman–Crippen MR) is 50.5 cm³/mol. The average molecular weight is 197 g/mol. The Bertz CT molecular complexity index is 188. The van der Waals surface area contributed by atoms with Gasteiger partial charge in [-0.15, -0.1) is 0 Å². The standard InChI is InChI=1S/C7H15N7/c1-2-4-6-8-10-12-14-13-11-9-7-5-3-1/h1-7H2,(H,8,9,12,13). The Hall–Kier alpha value is -1.40. The van der Waals surface area contributed by atoms with Crippen molar-refractivity contribution in [1.82, 2.24) is 5.43 Å². The summed E-state index contributed by atoms with van der Waals surface area (Å²) in [6, 6.07) is 0. The van der Waals surface area contributed by atoms with Crippen molar-refractivity contribution < 1.29 is 0 Å². The molecule has 0 amide bonds. The van der Waals surface area contributed by atoms with Crippen molar-refractivity contribution in [2.45, 2.75) is 32.1 Å². The lowest BCUT2D eigenvalue weighted by Gasteiger charge is -1.99. The van der Waals surface area contributed by atoms with E-state index in [1.54, 1.807) is 0 Å². The van der Waals surface area contributed by atoms with Crippen molar-refractivity contribution in [1.29, 1.82) is 0 Å². The van der Waals surface area contributed by atoms with E-state index >= 15 is 0 Å². The van der Waals surface area contributed by atoms with E-state index in [4.69, 9.17) is 0 Å². The molecule has 0 saturated carbocycles. The minimum absolute atomic E-state index is 0.717. The number of nitrogens with one attached hydrogen (secondary N) is 1. The highest BCUT2D eigenvalue weighted by Gasteiger charge is 1.90. The molecule has 1 N–H and O–H groups in total. The predicted octanol–water partition coefficient (Wildman–Crippen LogP) is 2.64. The summed E-state index contributed by atoms with van der Waals surface area (Å²) in [4.78, 5) is 0. The summed E-state index contributed by atoms with van der Waals surface area (Å²) in [6.07, 6.45) is 5.81. The number of nitrogens with zero attached hydrogens (tertiary/aromatic N) is 6. The lowest BCUT2D eigenvalue weighted by Crippen LogP contribution is -2.05. The van der Waals surface area contributed by atoms with Gasteiger partial charge in [0, 0.05) is 6.54 Å². The Kier molecular flexibility index (Phi) is 6.26. The zero-order valence-electron chi connectivity index (χ0n) is 8.13. The minimum atomic E-state index is 0.717. The monoisotopic (exact) mass is 197 g/mol. The molecule has 0 spiro atoms. The third-order valence-electron chi connectivity index (χ3n) is 1.85. The summed E-state index contributed by atoms with van der Waals surface area (Å²) in [5, 5.41) is 20.9. The van der Waals surface area contributed by atoms with Gasteiger partial charge in [0.05, 0.1) is 6.54 Å². The molecule has 0 radical (unpaired) electrons. The Morgan fingerprint density at radius 2 is 1.50 bits per heavy atom. The van der Waals surface area contributed by atoms with Crippen LogP contribution in [0.3, 0.4) is 0 Å². The minimum Gasteiger partial charge on any atom is -0.290 e. The summed E-state index contributed by atoms with van der Waals surface area (Å²) in [5.74, 6) is 0. The van der Waals surface area contributed by atoms with Gasteiger partial charge in [0.25, 0.3) is 0 Å². The second kappa shape index (κ2) is 8.21. The molecule has 0 unspecified atom stereocenters. The Morgan fingerprint density at radius 1 is 0.714 bits per heavy atom. The highest BCUT2D eigenvalue weighted by molar-refractivity contribution is 4.47. The van der Waals surface area contributed by atoms with Crippen molar-refractivity contribution in [2.24, 2.45) is 31.2 Å². The first-order valence-electron chi connectivity index (χ1n) is 4.89. The highest BCUT2D eigenvalue weighted by Crippen LogP contribution is 2.03. The van der Waals surface area contributed by atoms with Gasteiger partial charge in [-0.2, -0.15) is 5.11 Å². The maximum Gasteiger partial charge on any atom is 0.0621 e. The number of rotatable bonds is 0. The molecule has 0 aromatic carbocycles. The molecule has 7 nitrogen and oxygen atoms in total. The van der Waals surface area contributed by atoms with Gasteiger partial charge in [-0.25, -0.2) is 0 Å². The zero-order chi connectivity index (χ0) is 9.90. The fraction of sp³-hybridized carbons (Fsp3) is 1.00. The molecule has 78 valence electrons. The van der Waals surface area contributed by atoms with E-state index in [0.29, 0.717) is 6.54 Å². The maximum absolute atomic E-state index is 3.80. The molecule has 1 aliphatic heterocycles. The van der Waals surface area contributed by atoms with Gasteiger partial charge in [-0.3, -0.25) is 5.43 Å². The molecule has 7 heteroatoms. The third kappa shape index (κ3) is 6.15. The SMILES string of the molecule is C1CCC/N=N/N=N\N=N\NCCC1. The molecule has 0 saturated heterocycles. The summed E-state index contributed by atoms with van der Waals surface area (Å²) in [5.41, 5.74) is 2.77. The van der Waals surface area contributed by atoms with E-state index in [1.807, 2.05) is 0 Å². The fourth-order valence-electron chi connectivity index (χ4n) is 1.13. The summed E-state index contributed by atoms with van der Waals surface area (Å²) in [7, 11) is 0. The van der Waals surface area contributed by atoms with Gasteiger partial charge in [-0.05, 0) is 33.7 Å². The van der Waals surface area contributed by atoms with Crippen molar-refractivity contribution in [3.05, 3.63) is 0 Å². The topological polar surface area (TPSA) is 86.2 Å². The maximum atomic E-state index is 3.80. The van der Waals surface area contributed by atoms with Crippen LogP contribution in [0.5, 0.6) is 0 Å². The van der Waals surface area contributed by atoms with Gasteiger partial charge in [0.2, 0.25) is 0 Å². The van der Waals surface area contributed by atoms with Crippen LogP contribution in [0, 0.1) is 0 Å². The van der Waals surface area contributed by atoms with Crippen LogP contribution < -0.4 is 5.43 Å². The van der Waals surface area contributed by atoms with Gasteiger partial charge in [0.15, 0.2) is 0 Å². The van der Waals surface area contributed by atoms with Crippen LogP contribution in [0.2, 0.25) is 0 Å². The van der Waals surface area contributed by atoms with E-state index in [-0.39, 0.29) is 0 Å². The summed E-state index contributed by atoms with van der Waals surface area (Å²) < 4.78 is 0. The number of hydrogen-bond acceptors (Lipinski definition) is 7. The van der Waals surface area contributed by atoms with Crippen molar-refractivity contribution in [3.63, 3.8) is 0 Å². The second-order valence-electron chi connectivity index (χ2n) is 3.00. The average Bonchev–Trinajstić information content (AvgIpc) is 2.22. The quantitative estimate of drug-likeness (QED) is 0.635. The molecule has 0 aliphatic carbocycles. The van der Waals surface area contributed by atoms with Crippen LogP contribution in [0.4, 0.5) is 0 Å².